The number of benzene rings is 1. The molecule has 0 spiro atoms. The molecule has 0 aliphatic carbocycles. The normalized spacial score (nSPS) is 12.1. The van der Waals surface area contributed by atoms with Gasteiger partial charge in [0.25, 0.3) is 0 Å². The van der Waals surface area contributed by atoms with Crippen molar-refractivity contribution in [3.05, 3.63) is 77.9 Å². The SMILES string of the molecule is FCOc1cccc(C(Cc2ccccn2)c2cnc[nH]2)c1F. The van der Waals surface area contributed by atoms with Crippen molar-refractivity contribution in [1.82, 2.24) is 15.0 Å². The predicted octanol–water partition coefficient (Wildman–Crippen LogP) is 3.62. The summed E-state index contributed by atoms with van der Waals surface area (Å²) < 4.78 is 31.8. The van der Waals surface area contributed by atoms with E-state index in [0.29, 0.717) is 12.0 Å². The molecule has 23 heavy (non-hydrogen) atoms. The highest BCUT2D eigenvalue weighted by Crippen LogP contribution is 2.32. The molecule has 6 heteroatoms. The summed E-state index contributed by atoms with van der Waals surface area (Å²) in [6.45, 7) is -1.07. The fraction of sp³-hybridized carbons (Fsp3) is 0.176. The molecule has 2 heterocycles. The number of nitrogens with one attached hydrogen (secondary N) is 1. The molecule has 1 aromatic carbocycles. The number of hydrogen-bond donors (Lipinski definition) is 1. The van der Waals surface area contributed by atoms with Crippen molar-refractivity contribution in [2.45, 2.75) is 12.3 Å². The minimum absolute atomic E-state index is 0.101. The smallest absolute Gasteiger partial charge is 0.228 e. The fourth-order valence-electron chi connectivity index (χ4n) is 2.54. The minimum atomic E-state index is -1.07. The molecule has 0 aliphatic rings. The zero-order valence-electron chi connectivity index (χ0n) is 12.2. The van der Waals surface area contributed by atoms with Crippen molar-refractivity contribution in [3.8, 4) is 5.75 Å². The molecule has 3 rings (SSSR count). The third kappa shape index (κ3) is 3.36. The number of halogens is 2. The van der Waals surface area contributed by atoms with E-state index in [-0.39, 0.29) is 11.7 Å². The van der Waals surface area contributed by atoms with Crippen LogP contribution in [0.5, 0.6) is 5.75 Å². The molecule has 0 radical (unpaired) electrons. The first-order valence-electron chi connectivity index (χ1n) is 7.15. The highest BCUT2D eigenvalue weighted by atomic mass is 19.1. The van der Waals surface area contributed by atoms with Gasteiger partial charge in [0.2, 0.25) is 6.86 Å². The summed E-state index contributed by atoms with van der Waals surface area (Å²) in [5, 5.41) is 0. The second-order valence-corrected chi connectivity index (χ2v) is 5.00. The number of pyridine rings is 1. The molecule has 1 N–H and O–H groups in total. The maximum atomic E-state index is 14.7. The lowest BCUT2D eigenvalue weighted by molar-refractivity contribution is 0.184. The highest BCUT2D eigenvalue weighted by Gasteiger charge is 2.22. The van der Waals surface area contributed by atoms with E-state index in [1.807, 2.05) is 18.2 Å². The van der Waals surface area contributed by atoms with Gasteiger partial charge in [0.1, 0.15) is 0 Å². The van der Waals surface area contributed by atoms with Crippen molar-refractivity contribution in [2.75, 3.05) is 6.86 Å². The number of rotatable bonds is 6. The summed E-state index contributed by atoms with van der Waals surface area (Å²) in [5.41, 5.74) is 1.99. The summed E-state index contributed by atoms with van der Waals surface area (Å²) >= 11 is 0. The molecule has 0 aliphatic heterocycles. The first-order valence-corrected chi connectivity index (χ1v) is 7.15. The van der Waals surface area contributed by atoms with Crippen LogP contribution in [0.15, 0.2) is 55.1 Å². The number of aromatic nitrogens is 3. The monoisotopic (exact) mass is 315 g/mol. The maximum Gasteiger partial charge on any atom is 0.228 e. The van der Waals surface area contributed by atoms with Gasteiger partial charge >= 0.3 is 0 Å². The van der Waals surface area contributed by atoms with Crippen LogP contribution in [0.2, 0.25) is 0 Å². The lowest BCUT2D eigenvalue weighted by Gasteiger charge is -2.17. The van der Waals surface area contributed by atoms with Crippen molar-refractivity contribution >= 4 is 0 Å². The summed E-state index contributed by atoms with van der Waals surface area (Å²) in [6.07, 6.45) is 5.37. The number of alkyl halides is 1. The van der Waals surface area contributed by atoms with Crippen LogP contribution in [0, 0.1) is 5.82 Å². The van der Waals surface area contributed by atoms with Gasteiger partial charge in [0, 0.05) is 41.7 Å². The maximum absolute atomic E-state index is 14.7. The molecule has 2 aromatic heterocycles. The summed E-state index contributed by atoms with van der Waals surface area (Å²) in [6, 6.07) is 10.3. The quantitative estimate of drug-likeness (QED) is 0.756. The van der Waals surface area contributed by atoms with Crippen LogP contribution in [0.25, 0.3) is 0 Å². The lowest BCUT2D eigenvalue weighted by atomic mass is 9.90. The first kappa shape index (κ1) is 15.1. The Morgan fingerprint density at radius 1 is 1.17 bits per heavy atom. The predicted molar refractivity (Wildman–Crippen MR) is 81.4 cm³/mol. The topological polar surface area (TPSA) is 50.8 Å². The highest BCUT2D eigenvalue weighted by molar-refractivity contribution is 5.37. The molecule has 0 saturated carbocycles. The van der Waals surface area contributed by atoms with Crippen LogP contribution < -0.4 is 4.74 Å². The minimum Gasteiger partial charge on any atom is -0.460 e. The first-order chi connectivity index (χ1) is 11.3. The van der Waals surface area contributed by atoms with Gasteiger partial charge in [-0.25, -0.2) is 13.8 Å². The van der Waals surface area contributed by atoms with Crippen molar-refractivity contribution in [1.29, 1.82) is 0 Å². The standard InChI is InChI=1S/C17H15F2N3O/c18-10-23-16-6-3-5-13(17(16)19)14(15-9-20-11-22-15)8-12-4-1-2-7-21-12/h1-7,9,11,14H,8,10H2,(H,20,22). The van der Waals surface area contributed by atoms with E-state index in [0.717, 1.165) is 11.4 Å². The van der Waals surface area contributed by atoms with Gasteiger partial charge in [-0.1, -0.05) is 18.2 Å². The summed E-state index contributed by atoms with van der Waals surface area (Å²) in [5.74, 6) is -0.994. The fourth-order valence-corrected chi connectivity index (χ4v) is 2.54. The van der Waals surface area contributed by atoms with Crippen molar-refractivity contribution in [3.63, 3.8) is 0 Å². The number of aromatic amines is 1. The average molecular weight is 315 g/mol. The Labute approximate surface area is 132 Å². The van der Waals surface area contributed by atoms with Crippen LogP contribution in [0.3, 0.4) is 0 Å². The van der Waals surface area contributed by atoms with E-state index in [2.05, 4.69) is 15.0 Å². The number of nitrogens with zero attached hydrogens (tertiary/aromatic N) is 2. The second kappa shape index (κ2) is 7.00. The number of ether oxygens (including phenoxy) is 1. The Morgan fingerprint density at radius 2 is 2.09 bits per heavy atom. The Morgan fingerprint density at radius 3 is 2.78 bits per heavy atom. The van der Waals surface area contributed by atoms with E-state index < -0.39 is 12.7 Å². The molecule has 118 valence electrons. The molecular formula is C17H15F2N3O. The molecule has 1 unspecified atom stereocenters. The van der Waals surface area contributed by atoms with E-state index >= 15 is 0 Å². The van der Waals surface area contributed by atoms with Crippen molar-refractivity contribution < 1.29 is 13.5 Å². The zero-order chi connectivity index (χ0) is 16.1. The summed E-state index contributed by atoms with van der Waals surface area (Å²) in [4.78, 5) is 11.3. The zero-order valence-corrected chi connectivity index (χ0v) is 12.2. The van der Waals surface area contributed by atoms with Gasteiger partial charge in [0.15, 0.2) is 11.6 Å². The Hall–Kier alpha value is -2.76. The molecule has 0 fully saturated rings. The number of hydrogen-bond acceptors (Lipinski definition) is 3. The van der Waals surface area contributed by atoms with Gasteiger partial charge < -0.3 is 9.72 Å². The van der Waals surface area contributed by atoms with Gasteiger partial charge in [-0.15, -0.1) is 0 Å². The third-order valence-corrected chi connectivity index (χ3v) is 3.61. The number of imidazole rings is 1. The van der Waals surface area contributed by atoms with Crippen LogP contribution in [-0.4, -0.2) is 21.8 Å². The average Bonchev–Trinajstić information content (AvgIpc) is 3.10. The number of H-pyrrole nitrogens is 1. The van der Waals surface area contributed by atoms with Crippen LogP contribution in [0.1, 0.15) is 22.9 Å². The van der Waals surface area contributed by atoms with Gasteiger partial charge in [-0.05, 0) is 18.2 Å². The molecule has 4 nitrogen and oxygen atoms in total. The van der Waals surface area contributed by atoms with Crippen LogP contribution >= 0.6 is 0 Å². The van der Waals surface area contributed by atoms with Gasteiger partial charge in [-0.2, -0.15) is 0 Å². The van der Waals surface area contributed by atoms with Gasteiger partial charge in [0.05, 0.1) is 6.33 Å². The molecule has 3 aromatic rings. The van der Waals surface area contributed by atoms with Crippen LogP contribution in [0.4, 0.5) is 8.78 Å². The van der Waals surface area contributed by atoms with E-state index in [1.54, 1.807) is 30.9 Å². The molecule has 0 bridgehead atoms. The third-order valence-electron chi connectivity index (χ3n) is 3.61. The molecule has 0 saturated heterocycles. The molecule has 0 amide bonds. The van der Waals surface area contributed by atoms with Gasteiger partial charge in [-0.3, -0.25) is 4.98 Å². The Balaban J connectivity index is 2.01. The van der Waals surface area contributed by atoms with Crippen molar-refractivity contribution in [2.24, 2.45) is 0 Å². The lowest BCUT2D eigenvalue weighted by Crippen LogP contribution is -2.10. The molecule has 1 atom stereocenters. The van der Waals surface area contributed by atoms with E-state index in [1.165, 1.54) is 6.07 Å². The molecular weight excluding hydrogens is 300 g/mol. The summed E-state index contributed by atoms with van der Waals surface area (Å²) in [7, 11) is 0. The van der Waals surface area contributed by atoms with E-state index in [9.17, 15) is 8.78 Å². The Kier molecular flexibility index (Phi) is 4.61. The largest absolute Gasteiger partial charge is 0.460 e. The van der Waals surface area contributed by atoms with Crippen LogP contribution in [-0.2, 0) is 6.42 Å². The Bertz CT molecular complexity index is 748. The second-order valence-electron chi connectivity index (χ2n) is 5.00. The van der Waals surface area contributed by atoms with E-state index in [4.69, 9.17) is 4.74 Å².